The normalized spacial score (nSPS) is 19.5. The molecule has 7 nitrogen and oxygen atoms in total. The minimum absolute atomic E-state index is 0. The van der Waals surface area contributed by atoms with Crippen LogP contribution in [0.25, 0.3) is 0 Å². The molecule has 1 aliphatic heterocycles. The van der Waals surface area contributed by atoms with Gasteiger partial charge in [-0.2, -0.15) is 0 Å². The summed E-state index contributed by atoms with van der Waals surface area (Å²) >= 11 is 0. The van der Waals surface area contributed by atoms with E-state index in [0.717, 1.165) is 38.7 Å². The maximum atomic E-state index is 11.8. The summed E-state index contributed by atoms with van der Waals surface area (Å²) in [5.74, 6) is 0.276. The number of rotatable bonds is 9. The molecule has 0 aromatic rings. The summed E-state index contributed by atoms with van der Waals surface area (Å²) in [4.78, 5) is 4.10. The first-order valence-electron chi connectivity index (χ1n) is 7.66. The van der Waals surface area contributed by atoms with Gasteiger partial charge in [0.25, 0.3) is 0 Å². The molecule has 1 atom stereocenters. The lowest BCUT2D eigenvalue weighted by Crippen LogP contribution is -2.40. The fourth-order valence-electron chi connectivity index (χ4n) is 1.99. The predicted molar refractivity (Wildman–Crippen MR) is 100 cm³/mol. The summed E-state index contributed by atoms with van der Waals surface area (Å²) in [6.07, 6.45) is 5.10. The van der Waals surface area contributed by atoms with Crippen molar-refractivity contribution >= 4 is 40.0 Å². The Hall–Kier alpha value is -0.130. The lowest BCUT2D eigenvalue weighted by molar-refractivity contribution is 0.0200. The molecule has 132 valence electrons. The van der Waals surface area contributed by atoms with Crippen molar-refractivity contribution in [3.05, 3.63) is 0 Å². The van der Waals surface area contributed by atoms with Gasteiger partial charge in [0.2, 0.25) is 10.0 Å². The second-order valence-corrected chi connectivity index (χ2v) is 7.13. The van der Waals surface area contributed by atoms with E-state index < -0.39 is 10.0 Å². The second-order valence-electron chi connectivity index (χ2n) is 5.20. The number of nitrogens with one attached hydrogen (secondary N) is 2. The van der Waals surface area contributed by atoms with Gasteiger partial charge in [0, 0.05) is 26.2 Å². The van der Waals surface area contributed by atoms with Gasteiger partial charge in [0.15, 0.2) is 5.96 Å². The average molecular weight is 448 g/mol. The minimum atomic E-state index is -3.30. The summed E-state index contributed by atoms with van der Waals surface area (Å²) in [7, 11) is -3.30. The van der Waals surface area contributed by atoms with Gasteiger partial charge in [0.05, 0.1) is 11.9 Å². The van der Waals surface area contributed by atoms with Gasteiger partial charge in [-0.3, -0.25) is 4.99 Å². The van der Waals surface area contributed by atoms with Gasteiger partial charge in [-0.05, 0) is 25.7 Å². The maximum Gasteiger partial charge on any atom is 0.213 e. The van der Waals surface area contributed by atoms with Crippen LogP contribution in [0.5, 0.6) is 0 Å². The topological polar surface area (TPSA) is 106 Å². The van der Waals surface area contributed by atoms with Crippen molar-refractivity contribution in [2.24, 2.45) is 10.7 Å². The highest BCUT2D eigenvalue weighted by atomic mass is 127. The molecule has 0 amide bonds. The summed E-state index contributed by atoms with van der Waals surface area (Å²) in [5, 5.41) is 2.81. The molecule has 1 heterocycles. The Morgan fingerprint density at radius 3 is 2.82 bits per heavy atom. The van der Waals surface area contributed by atoms with Crippen LogP contribution in [0.4, 0.5) is 0 Å². The molecule has 0 aliphatic carbocycles. The number of hydrogen-bond donors (Lipinski definition) is 3. The number of hydrogen-bond acceptors (Lipinski definition) is 4. The summed E-state index contributed by atoms with van der Waals surface area (Å²) in [5.41, 5.74) is 5.64. The molecule has 4 N–H and O–H groups in total. The quantitative estimate of drug-likeness (QED) is 0.209. The molecule has 0 radical (unpaired) electrons. The molecule has 1 saturated heterocycles. The van der Waals surface area contributed by atoms with Gasteiger partial charge in [0.1, 0.15) is 0 Å². The molecule has 9 heteroatoms. The van der Waals surface area contributed by atoms with Crippen molar-refractivity contribution in [2.75, 3.05) is 32.0 Å². The number of aliphatic imine (C=N–C) groups is 1. The van der Waals surface area contributed by atoms with Crippen LogP contribution >= 0.6 is 24.0 Å². The standard InChI is InChI=1S/C13H28N4O3S.HI/c1-2-3-7-15-13(14)16-8-10-21(18,19)17-11-12-6-4-5-9-20-12;/h12,17H,2-11H2,1H3,(H3,14,15,16);1H. The average Bonchev–Trinajstić information content (AvgIpc) is 2.46. The summed E-state index contributed by atoms with van der Waals surface area (Å²) < 4.78 is 31.7. The second kappa shape index (κ2) is 12.3. The van der Waals surface area contributed by atoms with E-state index in [9.17, 15) is 8.42 Å². The number of ether oxygens (including phenoxy) is 1. The van der Waals surface area contributed by atoms with Crippen molar-refractivity contribution in [3.63, 3.8) is 0 Å². The van der Waals surface area contributed by atoms with Crippen LogP contribution in [0.15, 0.2) is 4.99 Å². The lowest BCUT2D eigenvalue weighted by atomic mass is 10.1. The van der Waals surface area contributed by atoms with Gasteiger partial charge in [-0.25, -0.2) is 13.1 Å². The van der Waals surface area contributed by atoms with E-state index in [4.69, 9.17) is 10.5 Å². The number of unbranched alkanes of at least 4 members (excludes halogenated alkanes) is 1. The van der Waals surface area contributed by atoms with E-state index in [0.29, 0.717) is 19.0 Å². The molecular formula is C13H29IN4O3S. The molecule has 0 aromatic carbocycles. The molecule has 0 saturated carbocycles. The van der Waals surface area contributed by atoms with Crippen molar-refractivity contribution in [1.82, 2.24) is 10.0 Å². The molecule has 1 unspecified atom stereocenters. The smallest absolute Gasteiger partial charge is 0.213 e. The monoisotopic (exact) mass is 448 g/mol. The van der Waals surface area contributed by atoms with E-state index in [1.807, 2.05) is 0 Å². The fraction of sp³-hybridized carbons (Fsp3) is 0.923. The van der Waals surface area contributed by atoms with Crippen molar-refractivity contribution in [2.45, 2.75) is 45.1 Å². The Morgan fingerprint density at radius 2 is 2.18 bits per heavy atom. The van der Waals surface area contributed by atoms with Crippen LogP contribution < -0.4 is 15.8 Å². The van der Waals surface area contributed by atoms with E-state index >= 15 is 0 Å². The number of guanidine groups is 1. The number of nitrogens with two attached hydrogens (primary N) is 1. The van der Waals surface area contributed by atoms with Crippen LogP contribution in [0.2, 0.25) is 0 Å². The zero-order valence-corrected chi connectivity index (χ0v) is 16.4. The predicted octanol–water partition coefficient (Wildman–Crippen LogP) is 0.797. The third-order valence-corrected chi connectivity index (χ3v) is 4.62. The Morgan fingerprint density at radius 1 is 1.41 bits per heavy atom. The Bertz CT molecular complexity index is 412. The van der Waals surface area contributed by atoms with Crippen LogP contribution in [-0.2, 0) is 14.8 Å². The third kappa shape index (κ3) is 10.6. The first-order valence-corrected chi connectivity index (χ1v) is 9.31. The van der Waals surface area contributed by atoms with E-state index in [1.165, 1.54) is 0 Å². The molecule has 1 rings (SSSR count). The zero-order valence-electron chi connectivity index (χ0n) is 13.2. The number of halogens is 1. The molecule has 0 spiro atoms. The highest BCUT2D eigenvalue weighted by Crippen LogP contribution is 2.11. The fourth-order valence-corrected chi connectivity index (χ4v) is 2.94. The third-order valence-electron chi connectivity index (χ3n) is 3.28. The van der Waals surface area contributed by atoms with Crippen LogP contribution in [-0.4, -0.2) is 52.5 Å². The Balaban J connectivity index is 0.00000441. The van der Waals surface area contributed by atoms with Gasteiger partial charge >= 0.3 is 0 Å². The lowest BCUT2D eigenvalue weighted by Gasteiger charge is -2.22. The molecule has 1 fully saturated rings. The van der Waals surface area contributed by atoms with Crippen molar-refractivity contribution in [3.8, 4) is 0 Å². The zero-order chi connectivity index (χ0) is 15.6. The molecule has 0 aromatic heterocycles. The van der Waals surface area contributed by atoms with E-state index in [2.05, 4.69) is 22.0 Å². The first kappa shape index (κ1) is 21.9. The molecule has 0 bridgehead atoms. The Labute approximate surface area is 150 Å². The van der Waals surface area contributed by atoms with Gasteiger partial charge in [-0.15, -0.1) is 24.0 Å². The molecule has 1 aliphatic rings. The van der Waals surface area contributed by atoms with Gasteiger partial charge in [-0.1, -0.05) is 13.3 Å². The summed E-state index contributed by atoms with van der Waals surface area (Å²) in [6, 6.07) is 0. The van der Waals surface area contributed by atoms with E-state index in [1.54, 1.807) is 0 Å². The van der Waals surface area contributed by atoms with Crippen molar-refractivity contribution < 1.29 is 13.2 Å². The molecular weight excluding hydrogens is 419 g/mol. The number of sulfonamides is 1. The van der Waals surface area contributed by atoms with Crippen LogP contribution in [0.3, 0.4) is 0 Å². The van der Waals surface area contributed by atoms with Gasteiger partial charge < -0.3 is 15.8 Å². The molecule has 22 heavy (non-hydrogen) atoms. The maximum absolute atomic E-state index is 11.8. The highest BCUT2D eigenvalue weighted by Gasteiger charge is 2.17. The minimum Gasteiger partial charge on any atom is -0.377 e. The van der Waals surface area contributed by atoms with Crippen LogP contribution in [0, 0.1) is 0 Å². The summed E-state index contributed by atoms with van der Waals surface area (Å²) in [6.45, 7) is 4.07. The Kier molecular flexibility index (Phi) is 12.2. The van der Waals surface area contributed by atoms with Crippen molar-refractivity contribution in [1.29, 1.82) is 0 Å². The van der Waals surface area contributed by atoms with E-state index in [-0.39, 0.29) is 42.4 Å². The largest absolute Gasteiger partial charge is 0.377 e. The highest BCUT2D eigenvalue weighted by molar-refractivity contribution is 14.0. The first-order chi connectivity index (χ1) is 10.0. The van der Waals surface area contributed by atoms with Crippen LogP contribution in [0.1, 0.15) is 39.0 Å². The SMILES string of the molecule is CCCCN=C(N)NCCS(=O)(=O)NCC1CCCCO1.I. The number of nitrogens with zero attached hydrogens (tertiary/aromatic N) is 1.